The Morgan fingerprint density at radius 3 is 2.64 bits per heavy atom. The smallest absolute Gasteiger partial charge is 0.419 e. The van der Waals surface area contributed by atoms with Crippen LogP contribution in [-0.2, 0) is 11.1 Å². The number of pyridine rings is 1. The molecule has 0 radical (unpaired) electrons. The van der Waals surface area contributed by atoms with Crippen LogP contribution in [0.4, 0.5) is 0 Å². The quantitative estimate of drug-likeness (QED) is 0.416. The number of allylic oxidation sites excluding steroid dienone is 1. The van der Waals surface area contributed by atoms with Gasteiger partial charge in [0.15, 0.2) is 12.7 Å². The molecule has 6 heteroatoms. The molecular weight excluding hydrogens is 205 g/mol. The van der Waals surface area contributed by atoms with Crippen LogP contribution in [0.25, 0.3) is 0 Å². The highest BCUT2D eigenvalue weighted by molar-refractivity contribution is 7.59. The number of rotatable bonds is 3. The fourth-order valence-corrected chi connectivity index (χ4v) is 1.79. The molecule has 0 amide bonds. The molecule has 0 atom stereocenters. The molecule has 0 saturated heterocycles. The van der Waals surface area contributed by atoms with Crippen molar-refractivity contribution in [3.05, 3.63) is 37.1 Å². The summed E-state index contributed by atoms with van der Waals surface area (Å²) in [5, 5.41) is 0. The van der Waals surface area contributed by atoms with Crippen LogP contribution in [0, 0.1) is 0 Å². The second kappa shape index (κ2) is 5.02. The first-order valence-corrected chi connectivity index (χ1v) is 5.32. The van der Waals surface area contributed by atoms with Gasteiger partial charge in [-0.15, -0.1) is 0 Å². The lowest BCUT2D eigenvalue weighted by atomic mass is 10.4. The van der Waals surface area contributed by atoms with Crippen molar-refractivity contribution < 1.29 is 24.4 Å². The molecule has 0 fully saturated rings. The molecule has 1 aromatic heterocycles. The third-order valence-corrected chi connectivity index (χ3v) is 2.54. The van der Waals surface area contributed by atoms with Gasteiger partial charge in [0.1, 0.15) is 0 Å². The van der Waals surface area contributed by atoms with Gasteiger partial charge in [0.2, 0.25) is 0 Å². The molecule has 5 nitrogen and oxygen atoms in total. The summed E-state index contributed by atoms with van der Waals surface area (Å²) in [6.07, 6.45) is 3.19. The Hall–Kier alpha value is -1.00. The summed E-state index contributed by atoms with van der Waals surface area (Å²) >= 11 is 0. The second-order valence-corrected chi connectivity index (χ2v) is 4.09. The van der Waals surface area contributed by atoms with Crippen LogP contribution in [-0.4, -0.2) is 15.3 Å². The van der Waals surface area contributed by atoms with Crippen LogP contribution in [0.5, 0.6) is 0 Å². The minimum Gasteiger partial charge on any atom is -0.870 e. The number of hydrogen-bond donors (Lipinski definition) is 2. The van der Waals surface area contributed by atoms with Crippen LogP contribution < -0.4 is 10.0 Å². The van der Waals surface area contributed by atoms with E-state index in [4.69, 9.17) is 9.79 Å². The van der Waals surface area contributed by atoms with E-state index in [2.05, 4.69) is 6.58 Å². The summed E-state index contributed by atoms with van der Waals surface area (Å²) < 4.78 is 12.4. The van der Waals surface area contributed by atoms with E-state index in [1.165, 1.54) is 10.6 Å². The Morgan fingerprint density at radius 1 is 1.50 bits per heavy atom. The lowest BCUT2D eigenvalue weighted by molar-refractivity contribution is -0.670. The maximum atomic E-state index is 11.0. The highest BCUT2D eigenvalue weighted by atomic mass is 31.2. The third kappa shape index (κ3) is 3.05. The van der Waals surface area contributed by atoms with Gasteiger partial charge in [-0.25, -0.2) is 4.57 Å². The Bertz CT molecular complexity index is 360. The maximum Gasteiger partial charge on any atom is 0.419 e. The molecule has 0 aliphatic rings. The van der Waals surface area contributed by atoms with Crippen LogP contribution in [0.2, 0.25) is 0 Å². The van der Waals surface area contributed by atoms with E-state index in [1.54, 1.807) is 24.4 Å². The zero-order valence-electron chi connectivity index (χ0n) is 7.45. The van der Waals surface area contributed by atoms with Crippen molar-refractivity contribution in [2.75, 3.05) is 0 Å². The predicted octanol–water partition coefficient (Wildman–Crippen LogP) is -0.214. The summed E-state index contributed by atoms with van der Waals surface area (Å²) in [4.78, 5) is 17.9. The van der Waals surface area contributed by atoms with Crippen molar-refractivity contribution in [1.82, 2.24) is 0 Å². The zero-order chi connectivity index (χ0) is 9.90. The Morgan fingerprint density at radius 2 is 2.14 bits per heavy atom. The van der Waals surface area contributed by atoms with Crippen LogP contribution in [0.15, 0.2) is 37.1 Å². The van der Waals surface area contributed by atoms with E-state index in [-0.39, 0.29) is 10.9 Å². The Balaban J connectivity index is 0.00000169. The molecular formula is C8H12NO4P. The van der Waals surface area contributed by atoms with E-state index in [0.29, 0.717) is 6.54 Å². The molecule has 0 bridgehead atoms. The highest BCUT2D eigenvalue weighted by Gasteiger charge is 2.27. The van der Waals surface area contributed by atoms with Crippen LogP contribution in [0.1, 0.15) is 0 Å². The van der Waals surface area contributed by atoms with Gasteiger partial charge >= 0.3 is 7.60 Å². The molecule has 0 saturated carbocycles. The standard InChI is InChI=1S/C8H10NO3P.H2O/c1-2-6-9-7-4-3-5-8(9)13(10,11)12;/h2-5,7H,1,6H2,(H-,10,11,12);1H2. The van der Waals surface area contributed by atoms with E-state index < -0.39 is 7.60 Å². The van der Waals surface area contributed by atoms with Crippen molar-refractivity contribution in [3.8, 4) is 0 Å². The average Bonchev–Trinajstić information content (AvgIpc) is 2.04. The molecule has 0 aromatic carbocycles. The van der Waals surface area contributed by atoms with Crippen LogP contribution >= 0.6 is 7.60 Å². The summed E-state index contributed by atoms with van der Waals surface area (Å²) in [6, 6.07) is 4.71. The van der Waals surface area contributed by atoms with E-state index >= 15 is 0 Å². The highest BCUT2D eigenvalue weighted by Crippen LogP contribution is 2.30. The minimum atomic E-state index is -4.17. The van der Waals surface area contributed by atoms with Gasteiger partial charge in [0.25, 0.3) is 5.44 Å². The third-order valence-electron chi connectivity index (χ3n) is 1.54. The Kier molecular flexibility index (Phi) is 4.67. The summed E-state index contributed by atoms with van der Waals surface area (Å²) in [5.41, 5.74) is 0.00917. The lowest BCUT2D eigenvalue weighted by Crippen LogP contribution is -2.47. The summed E-state index contributed by atoms with van der Waals surface area (Å²) in [5.74, 6) is 0. The molecule has 1 aromatic rings. The molecule has 0 aliphatic heterocycles. The molecule has 0 spiro atoms. The number of hydrogen-bond acceptors (Lipinski definition) is 2. The van der Waals surface area contributed by atoms with Gasteiger partial charge in [-0.05, 0) is 12.1 Å². The fourth-order valence-electron chi connectivity index (χ4n) is 1.03. The van der Waals surface area contributed by atoms with Gasteiger partial charge in [0.05, 0.1) is 0 Å². The summed E-state index contributed by atoms with van der Waals surface area (Å²) in [6.45, 7) is 3.90. The van der Waals surface area contributed by atoms with E-state index in [0.717, 1.165) is 0 Å². The minimum absolute atomic E-state index is 0. The van der Waals surface area contributed by atoms with Gasteiger partial charge in [0, 0.05) is 12.1 Å². The van der Waals surface area contributed by atoms with Gasteiger partial charge < -0.3 is 15.3 Å². The second-order valence-electron chi connectivity index (χ2n) is 2.54. The maximum absolute atomic E-state index is 11.0. The first kappa shape index (κ1) is 13.0. The number of nitrogens with zero attached hydrogens (tertiary/aromatic N) is 1. The van der Waals surface area contributed by atoms with Crippen molar-refractivity contribution in [2.45, 2.75) is 6.54 Å². The van der Waals surface area contributed by atoms with Gasteiger partial charge in [-0.1, -0.05) is 6.58 Å². The molecule has 3 N–H and O–H groups in total. The average molecular weight is 217 g/mol. The van der Waals surface area contributed by atoms with Crippen molar-refractivity contribution in [2.24, 2.45) is 0 Å². The first-order chi connectivity index (χ1) is 6.05. The molecule has 14 heavy (non-hydrogen) atoms. The topological polar surface area (TPSA) is 91.4 Å². The summed E-state index contributed by atoms with van der Waals surface area (Å²) in [7, 11) is -4.17. The molecule has 0 aliphatic carbocycles. The Labute approximate surface area is 81.8 Å². The van der Waals surface area contributed by atoms with Crippen molar-refractivity contribution >= 4 is 13.0 Å². The zero-order valence-corrected chi connectivity index (χ0v) is 8.34. The van der Waals surface area contributed by atoms with Gasteiger partial charge in [-0.3, -0.25) is 0 Å². The van der Waals surface area contributed by atoms with E-state index in [1.807, 2.05) is 0 Å². The number of aromatic nitrogens is 1. The molecule has 0 unspecified atom stereocenters. The normalized spacial score (nSPS) is 10.4. The lowest BCUT2D eigenvalue weighted by Gasteiger charge is -2.02. The fraction of sp³-hybridized carbons (Fsp3) is 0.125. The monoisotopic (exact) mass is 217 g/mol. The molecule has 1 rings (SSSR count). The molecule has 78 valence electrons. The SMILES string of the molecule is C=CC[n+]1ccccc1P(=O)(O)O.[OH-]. The van der Waals surface area contributed by atoms with Crippen LogP contribution in [0.3, 0.4) is 0 Å². The first-order valence-electron chi connectivity index (χ1n) is 3.71. The molecule has 1 heterocycles. The largest absolute Gasteiger partial charge is 0.870 e. The predicted molar refractivity (Wildman–Crippen MR) is 50.4 cm³/mol. The van der Waals surface area contributed by atoms with Crippen molar-refractivity contribution in [3.63, 3.8) is 0 Å². The van der Waals surface area contributed by atoms with E-state index in [9.17, 15) is 4.57 Å². The van der Waals surface area contributed by atoms with Gasteiger partial charge in [-0.2, -0.15) is 4.57 Å². The van der Waals surface area contributed by atoms with Crippen molar-refractivity contribution in [1.29, 1.82) is 0 Å².